The van der Waals surface area contributed by atoms with Crippen molar-refractivity contribution in [2.24, 2.45) is 4.99 Å². The lowest BCUT2D eigenvalue weighted by molar-refractivity contribution is 0.627. The van der Waals surface area contributed by atoms with Crippen molar-refractivity contribution in [3.63, 3.8) is 0 Å². The van der Waals surface area contributed by atoms with Crippen LogP contribution in [0.4, 0.5) is 0 Å². The standard InChI is InChI=1S/C5H8N2/c1-4-2-6-5(1)3-7-4/h4,7H,1-3H2. The highest BCUT2D eigenvalue weighted by Crippen LogP contribution is 2.10. The van der Waals surface area contributed by atoms with Crippen LogP contribution in [0.1, 0.15) is 6.42 Å². The molecule has 0 saturated carbocycles. The molecule has 0 radical (unpaired) electrons. The molecule has 1 atom stereocenters. The maximum atomic E-state index is 4.26. The second-order valence-corrected chi connectivity index (χ2v) is 2.19. The molecule has 2 aliphatic rings. The third kappa shape index (κ3) is 0.399. The third-order valence-electron chi connectivity index (χ3n) is 1.61. The fraction of sp³-hybridized carbons (Fsp3) is 0.800. The summed E-state index contributed by atoms with van der Waals surface area (Å²) in [6.45, 7) is 2.10. The molecule has 2 nitrogen and oxygen atoms in total. The Labute approximate surface area is 42.6 Å². The van der Waals surface area contributed by atoms with Crippen LogP contribution < -0.4 is 5.32 Å². The summed E-state index contributed by atoms with van der Waals surface area (Å²) in [4.78, 5) is 4.26. The lowest BCUT2D eigenvalue weighted by Gasteiger charge is -2.02. The van der Waals surface area contributed by atoms with Gasteiger partial charge >= 0.3 is 0 Å². The molecule has 2 heterocycles. The van der Waals surface area contributed by atoms with Gasteiger partial charge in [-0.15, -0.1) is 0 Å². The minimum atomic E-state index is 0.718. The molecule has 1 fully saturated rings. The van der Waals surface area contributed by atoms with Crippen molar-refractivity contribution in [3.05, 3.63) is 0 Å². The summed E-state index contributed by atoms with van der Waals surface area (Å²) in [5.74, 6) is 0. The Kier molecular flexibility index (Phi) is 0.551. The predicted molar refractivity (Wildman–Crippen MR) is 28.7 cm³/mol. The first-order chi connectivity index (χ1) is 3.45. The first kappa shape index (κ1) is 3.61. The van der Waals surface area contributed by atoms with Gasteiger partial charge in [-0.3, -0.25) is 4.99 Å². The molecule has 1 N–H and O–H groups in total. The summed E-state index contributed by atoms with van der Waals surface area (Å²) in [5, 5.41) is 3.33. The second-order valence-electron chi connectivity index (χ2n) is 2.19. The second kappa shape index (κ2) is 1.07. The van der Waals surface area contributed by atoms with Gasteiger partial charge < -0.3 is 5.32 Å². The smallest absolute Gasteiger partial charge is 0.0546 e. The van der Waals surface area contributed by atoms with Crippen molar-refractivity contribution < 1.29 is 0 Å². The largest absolute Gasteiger partial charge is 0.306 e. The molecule has 7 heavy (non-hydrogen) atoms. The molecule has 2 heteroatoms. The molecule has 0 aliphatic carbocycles. The summed E-state index contributed by atoms with van der Waals surface area (Å²) in [6, 6.07) is 0.718. The summed E-state index contributed by atoms with van der Waals surface area (Å²) in [6.07, 6.45) is 1.22. The van der Waals surface area contributed by atoms with E-state index in [2.05, 4.69) is 10.3 Å². The molecular formula is C5H8N2. The van der Waals surface area contributed by atoms with Gasteiger partial charge in [0.1, 0.15) is 0 Å². The van der Waals surface area contributed by atoms with Crippen LogP contribution in [0, 0.1) is 0 Å². The van der Waals surface area contributed by atoms with Crippen molar-refractivity contribution in [3.8, 4) is 0 Å². The monoisotopic (exact) mass is 96.1 g/mol. The fourth-order valence-electron chi connectivity index (χ4n) is 1.18. The van der Waals surface area contributed by atoms with Crippen LogP contribution in [0.5, 0.6) is 0 Å². The zero-order chi connectivity index (χ0) is 4.69. The van der Waals surface area contributed by atoms with E-state index in [1.54, 1.807) is 0 Å². The highest BCUT2D eigenvalue weighted by molar-refractivity contribution is 5.90. The van der Waals surface area contributed by atoms with Gasteiger partial charge in [-0.2, -0.15) is 0 Å². The normalized spacial score (nSPS) is 36.6. The van der Waals surface area contributed by atoms with Gasteiger partial charge in [-0.25, -0.2) is 0 Å². The molecule has 0 aromatic heterocycles. The number of nitrogens with one attached hydrogen (secondary N) is 1. The quantitative estimate of drug-likeness (QED) is 0.444. The number of aliphatic imine (C=N–C) groups is 1. The molecule has 0 aromatic rings. The first-order valence-corrected chi connectivity index (χ1v) is 2.71. The molecule has 2 rings (SSSR count). The molecular weight excluding hydrogens is 88.1 g/mol. The van der Waals surface area contributed by atoms with Gasteiger partial charge in [0.15, 0.2) is 0 Å². The van der Waals surface area contributed by atoms with E-state index < -0.39 is 0 Å². The molecule has 2 aliphatic heterocycles. The van der Waals surface area contributed by atoms with Crippen LogP contribution >= 0.6 is 0 Å². The number of nitrogens with zero attached hydrogens (tertiary/aromatic N) is 1. The zero-order valence-corrected chi connectivity index (χ0v) is 4.15. The van der Waals surface area contributed by atoms with Crippen molar-refractivity contribution in [2.75, 3.05) is 13.1 Å². The van der Waals surface area contributed by atoms with Crippen molar-refractivity contribution in [1.82, 2.24) is 5.32 Å². The van der Waals surface area contributed by atoms with E-state index in [4.69, 9.17) is 0 Å². The number of hydrogen-bond acceptors (Lipinski definition) is 2. The van der Waals surface area contributed by atoms with Gasteiger partial charge in [-0.1, -0.05) is 0 Å². The SMILES string of the molecule is C1NC2CN=C1C2. The Morgan fingerprint density at radius 3 is 2.86 bits per heavy atom. The number of fused-ring (bicyclic) bond motifs is 2. The van der Waals surface area contributed by atoms with Gasteiger partial charge in [0.05, 0.1) is 6.54 Å². The summed E-state index contributed by atoms with van der Waals surface area (Å²) >= 11 is 0. The van der Waals surface area contributed by atoms with E-state index in [1.165, 1.54) is 12.1 Å². The average Bonchev–Trinajstić information content (AvgIpc) is 2.22. The van der Waals surface area contributed by atoms with E-state index >= 15 is 0 Å². The Morgan fingerprint density at radius 2 is 2.71 bits per heavy atom. The van der Waals surface area contributed by atoms with Crippen LogP contribution in [0.25, 0.3) is 0 Å². The van der Waals surface area contributed by atoms with Gasteiger partial charge in [-0.05, 0) is 0 Å². The Morgan fingerprint density at radius 1 is 1.71 bits per heavy atom. The van der Waals surface area contributed by atoms with E-state index in [1.807, 2.05) is 0 Å². The highest BCUT2D eigenvalue weighted by Gasteiger charge is 2.24. The highest BCUT2D eigenvalue weighted by atomic mass is 15.1. The fourth-order valence-corrected chi connectivity index (χ4v) is 1.18. The van der Waals surface area contributed by atoms with Gasteiger partial charge in [0.25, 0.3) is 0 Å². The molecule has 0 aromatic carbocycles. The summed E-state index contributed by atoms with van der Waals surface area (Å²) in [5.41, 5.74) is 1.38. The summed E-state index contributed by atoms with van der Waals surface area (Å²) < 4.78 is 0. The Bertz CT molecular complexity index is 117. The summed E-state index contributed by atoms with van der Waals surface area (Å²) in [7, 11) is 0. The van der Waals surface area contributed by atoms with E-state index in [0.717, 1.165) is 19.1 Å². The zero-order valence-electron chi connectivity index (χ0n) is 4.15. The lowest BCUT2D eigenvalue weighted by Crippen LogP contribution is -2.26. The Balaban J connectivity index is 2.30. The lowest BCUT2D eigenvalue weighted by atomic mass is 10.3. The predicted octanol–water partition coefficient (Wildman–Crippen LogP) is -0.197. The minimum Gasteiger partial charge on any atom is -0.306 e. The van der Waals surface area contributed by atoms with E-state index in [0.29, 0.717) is 0 Å². The topological polar surface area (TPSA) is 24.4 Å². The van der Waals surface area contributed by atoms with Crippen molar-refractivity contribution in [2.45, 2.75) is 12.5 Å². The molecule has 0 amide bonds. The molecule has 0 spiro atoms. The van der Waals surface area contributed by atoms with Crippen molar-refractivity contribution in [1.29, 1.82) is 0 Å². The van der Waals surface area contributed by atoms with Crippen LogP contribution in [-0.4, -0.2) is 24.8 Å². The maximum absolute atomic E-state index is 4.26. The van der Waals surface area contributed by atoms with Gasteiger partial charge in [0.2, 0.25) is 0 Å². The minimum absolute atomic E-state index is 0.718. The third-order valence-corrected chi connectivity index (χ3v) is 1.61. The van der Waals surface area contributed by atoms with Crippen molar-refractivity contribution >= 4 is 5.71 Å². The number of hydrogen-bond donors (Lipinski definition) is 1. The molecule has 2 bridgehead atoms. The van der Waals surface area contributed by atoms with E-state index in [9.17, 15) is 0 Å². The molecule has 1 saturated heterocycles. The average molecular weight is 96.1 g/mol. The maximum Gasteiger partial charge on any atom is 0.0546 e. The number of rotatable bonds is 0. The van der Waals surface area contributed by atoms with Crippen LogP contribution in [0.15, 0.2) is 4.99 Å². The van der Waals surface area contributed by atoms with Gasteiger partial charge in [0, 0.05) is 24.7 Å². The Hall–Kier alpha value is -0.370. The first-order valence-electron chi connectivity index (χ1n) is 2.71. The molecule has 38 valence electrons. The van der Waals surface area contributed by atoms with Crippen LogP contribution in [0.2, 0.25) is 0 Å². The van der Waals surface area contributed by atoms with E-state index in [-0.39, 0.29) is 0 Å². The van der Waals surface area contributed by atoms with Crippen LogP contribution in [0.3, 0.4) is 0 Å². The van der Waals surface area contributed by atoms with Crippen LogP contribution in [-0.2, 0) is 0 Å². The molecule has 1 unspecified atom stereocenters.